The highest BCUT2D eigenvalue weighted by Crippen LogP contribution is 2.32. The Bertz CT molecular complexity index is 803. The number of carbonyl (C=O) groups excluding carboxylic acids is 2. The first kappa shape index (κ1) is 16.4. The largest absolute Gasteiger partial charge is 0.485 e. The monoisotopic (exact) mass is 353 g/mol. The Morgan fingerprint density at radius 1 is 1.00 bits per heavy atom. The molecule has 1 fully saturated rings. The lowest BCUT2D eigenvalue weighted by Gasteiger charge is -2.26. The molecule has 0 spiro atoms. The maximum Gasteiger partial charge on any atom is 0.352 e. The highest BCUT2D eigenvalue weighted by atomic mass is 16.6. The maximum absolute atomic E-state index is 12.6. The minimum atomic E-state index is -1.01. The van der Waals surface area contributed by atoms with Crippen molar-refractivity contribution in [1.29, 1.82) is 0 Å². The number of hydrogen-bond donors (Lipinski definition) is 1. The molecule has 2 aromatic carbocycles. The molecule has 1 saturated carbocycles. The smallest absolute Gasteiger partial charge is 0.352 e. The lowest BCUT2D eigenvalue weighted by Crippen LogP contribution is -2.41. The first-order valence-corrected chi connectivity index (χ1v) is 8.65. The van der Waals surface area contributed by atoms with E-state index in [1.54, 1.807) is 42.5 Å². The van der Waals surface area contributed by atoms with Crippen LogP contribution in [0.1, 0.15) is 24.5 Å². The molecule has 0 aromatic heterocycles. The van der Waals surface area contributed by atoms with Gasteiger partial charge in [0, 0.05) is 11.6 Å². The third-order valence-corrected chi connectivity index (χ3v) is 4.27. The van der Waals surface area contributed by atoms with Crippen molar-refractivity contribution in [2.75, 3.05) is 6.61 Å². The molecule has 6 nitrogen and oxygen atoms in total. The Labute approximate surface area is 151 Å². The van der Waals surface area contributed by atoms with Crippen LogP contribution in [0.4, 0.5) is 0 Å². The Kier molecular flexibility index (Phi) is 4.48. The van der Waals surface area contributed by atoms with Gasteiger partial charge in [-0.2, -0.15) is 0 Å². The fourth-order valence-corrected chi connectivity index (χ4v) is 2.73. The summed E-state index contributed by atoms with van der Waals surface area (Å²) in [5.41, 5.74) is 0.621. The van der Waals surface area contributed by atoms with E-state index in [0.717, 1.165) is 12.8 Å². The summed E-state index contributed by atoms with van der Waals surface area (Å²) in [6, 6.07) is 16.3. The average molecular weight is 353 g/mol. The second kappa shape index (κ2) is 7.07. The zero-order valence-corrected chi connectivity index (χ0v) is 14.1. The molecule has 134 valence electrons. The van der Waals surface area contributed by atoms with Gasteiger partial charge in [0.05, 0.1) is 0 Å². The molecule has 0 bridgehead atoms. The second-order valence-electron chi connectivity index (χ2n) is 6.37. The van der Waals surface area contributed by atoms with E-state index in [1.165, 1.54) is 0 Å². The van der Waals surface area contributed by atoms with E-state index in [-0.39, 0.29) is 18.6 Å². The van der Waals surface area contributed by atoms with Crippen LogP contribution in [0.3, 0.4) is 0 Å². The van der Waals surface area contributed by atoms with Crippen LogP contribution >= 0.6 is 0 Å². The Balaban J connectivity index is 1.48. The summed E-state index contributed by atoms with van der Waals surface area (Å²) in [5, 5.41) is 2.89. The standard InChI is InChI=1S/C20H19NO5/c22-19(21-14-10-11-14)18(13-6-2-1-3-7-13)26-20(23)17-12-24-15-8-4-5-9-16(15)25-17/h1-9,14,17-18H,10-12H2,(H,21,22)/t17-,18+/m0/s1. The van der Waals surface area contributed by atoms with Crippen molar-refractivity contribution >= 4 is 11.9 Å². The molecule has 4 rings (SSSR count). The predicted molar refractivity (Wildman–Crippen MR) is 92.8 cm³/mol. The quantitative estimate of drug-likeness (QED) is 0.836. The van der Waals surface area contributed by atoms with Gasteiger partial charge in [-0.05, 0) is 25.0 Å². The zero-order valence-electron chi connectivity index (χ0n) is 14.1. The van der Waals surface area contributed by atoms with E-state index in [1.807, 2.05) is 12.1 Å². The van der Waals surface area contributed by atoms with E-state index >= 15 is 0 Å². The minimum absolute atomic E-state index is 0.0433. The van der Waals surface area contributed by atoms with Gasteiger partial charge in [-0.25, -0.2) is 4.79 Å². The highest BCUT2D eigenvalue weighted by molar-refractivity contribution is 5.86. The molecule has 6 heteroatoms. The third kappa shape index (κ3) is 3.64. The summed E-state index contributed by atoms with van der Waals surface area (Å²) >= 11 is 0. The summed E-state index contributed by atoms with van der Waals surface area (Å²) in [4.78, 5) is 25.1. The van der Waals surface area contributed by atoms with E-state index in [9.17, 15) is 9.59 Å². The number of para-hydroxylation sites is 2. The number of carbonyl (C=O) groups is 2. The molecule has 0 radical (unpaired) electrons. The molecule has 1 heterocycles. The predicted octanol–water partition coefficient (Wildman–Crippen LogP) is 2.39. The third-order valence-electron chi connectivity index (χ3n) is 4.27. The fourth-order valence-electron chi connectivity index (χ4n) is 2.73. The van der Waals surface area contributed by atoms with Gasteiger partial charge in [0.1, 0.15) is 6.61 Å². The first-order chi connectivity index (χ1) is 12.7. The van der Waals surface area contributed by atoms with Crippen LogP contribution < -0.4 is 14.8 Å². The second-order valence-corrected chi connectivity index (χ2v) is 6.37. The van der Waals surface area contributed by atoms with Gasteiger partial charge < -0.3 is 19.5 Å². The van der Waals surface area contributed by atoms with E-state index in [4.69, 9.17) is 14.2 Å². The van der Waals surface area contributed by atoms with Crippen LogP contribution in [0.2, 0.25) is 0 Å². The molecular weight excluding hydrogens is 334 g/mol. The fraction of sp³-hybridized carbons (Fsp3) is 0.300. The van der Waals surface area contributed by atoms with Gasteiger partial charge in [-0.3, -0.25) is 4.79 Å². The van der Waals surface area contributed by atoms with Gasteiger partial charge in [-0.15, -0.1) is 0 Å². The SMILES string of the molecule is O=C(O[C@@H](C(=O)NC1CC1)c1ccccc1)[C@@H]1COc2ccccc2O1. The summed E-state index contributed by atoms with van der Waals surface area (Å²) in [5.74, 6) is 0.130. The van der Waals surface area contributed by atoms with Crippen LogP contribution in [-0.2, 0) is 14.3 Å². The molecule has 2 aliphatic rings. The van der Waals surface area contributed by atoms with E-state index in [0.29, 0.717) is 17.1 Å². The number of hydrogen-bond acceptors (Lipinski definition) is 5. The lowest BCUT2D eigenvalue weighted by atomic mass is 10.1. The van der Waals surface area contributed by atoms with Gasteiger partial charge in [0.25, 0.3) is 5.91 Å². The van der Waals surface area contributed by atoms with Crippen molar-refractivity contribution in [2.24, 2.45) is 0 Å². The van der Waals surface area contributed by atoms with E-state index < -0.39 is 18.2 Å². The molecule has 1 aliphatic carbocycles. The summed E-state index contributed by atoms with van der Waals surface area (Å²) in [6.45, 7) is 0.0433. The number of fused-ring (bicyclic) bond motifs is 1. The molecule has 0 saturated heterocycles. The number of benzene rings is 2. The highest BCUT2D eigenvalue weighted by Gasteiger charge is 2.35. The molecule has 1 amide bonds. The molecular formula is C20H19NO5. The van der Waals surface area contributed by atoms with Crippen molar-refractivity contribution in [3.63, 3.8) is 0 Å². The summed E-state index contributed by atoms with van der Waals surface area (Å²) in [6.07, 6.45) is -0.00956. The summed E-state index contributed by atoms with van der Waals surface area (Å²) < 4.78 is 16.8. The Morgan fingerprint density at radius 2 is 1.69 bits per heavy atom. The number of rotatable bonds is 5. The molecule has 1 aliphatic heterocycles. The number of esters is 1. The van der Waals surface area contributed by atoms with Crippen molar-refractivity contribution < 1.29 is 23.8 Å². The van der Waals surface area contributed by atoms with Gasteiger partial charge >= 0.3 is 5.97 Å². The van der Waals surface area contributed by atoms with Crippen LogP contribution in [-0.4, -0.2) is 30.6 Å². The molecule has 1 N–H and O–H groups in total. The summed E-state index contributed by atoms with van der Waals surface area (Å²) in [7, 11) is 0. The molecule has 2 atom stereocenters. The Morgan fingerprint density at radius 3 is 2.42 bits per heavy atom. The molecule has 26 heavy (non-hydrogen) atoms. The number of amides is 1. The minimum Gasteiger partial charge on any atom is -0.485 e. The van der Waals surface area contributed by atoms with Crippen molar-refractivity contribution in [3.8, 4) is 11.5 Å². The zero-order chi connectivity index (χ0) is 17.9. The van der Waals surface area contributed by atoms with Crippen molar-refractivity contribution in [2.45, 2.75) is 31.1 Å². The topological polar surface area (TPSA) is 73.9 Å². The van der Waals surface area contributed by atoms with Crippen LogP contribution in [0.25, 0.3) is 0 Å². The van der Waals surface area contributed by atoms with E-state index in [2.05, 4.69) is 5.32 Å². The normalized spacial score (nSPS) is 19.3. The average Bonchev–Trinajstić information content (AvgIpc) is 3.50. The maximum atomic E-state index is 12.6. The van der Waals surface area contributed by atoms with Crippen molar-refractivity contribution in [1.82, 2.24) is 5.32 Å². The van der Waals surface area contributed by atoms with Gasteiger partial charge in [-0.1, -0.05) is 42.5 Å². The van der Waals surface area contributed by atoms with Crippen LogP contribution in [0, 0.1) is 0 Å². The lowest BCUT2D eigenvalue weighted by molar-refractivity contribution is -0.165. The molecule has 0 unspecified atom stereocenters. The van der Waals surface area contributed by atoms with Crippen molar-refractivity contribution in [3.05, 3.63) is 60.2 Å². The first-order valence-electron chi connectivity index (χ1n) is 8.65. The van der Waals surface area contributed by atoms with Crippen LogP contribution in [0.5, 0.6) is 11.5 Å². The molecule has 2 aromatic rings. The van der Waals surface area contributed by atoms with Gasteiger partial charge in [0.15, 0.2) is 11.5 Å². The number of ether oxygens (including phenoxy) is 3. The Hall–Kier alpha value is -3.02. The van der Waals surface area contributed by atoms with Crippen LogP contribution in [0.15, 0.2) is 54.6 Å². The van der Waals surface area contributed by atoms with Gasteiger partial charge in [0.2, 0.25) is 12.2 Å². The number of nitrogens with one attached hydrogen (secondary N) is 1.